The van der Waals surface area contributed by atoms with Crippen molar-refractivity contribution in [3.63, 3.8) is 0 Å². The van der Waals surface area contributed by atoms with Gasteiger partial charge in [-0.2, -0.15) is 0 Å². The van der Waals surface area contributed by atoms with Gasteiger partial charge in [0.1, 0.15) is 6.23 Å². The molecule has 0 saturated heterocycles. The Bertz CT molecular complexity index is 39.0. The average molecular weight is 104 g/mol. The van der Waals surface area contributed by atoms with Crippen LogP contribution >= 0.6 is 0 Å². The number of hydrogen-bond acceptors (Lipinski definition) is 2. The van der Waals surface area contributed by atoms with E-state index in [0.29, 0.717) is 0 Å². The molecular weight excluding hydrogens is 94.0 g/mol. The van der Waals surface area contributed by atoms with E-state index in [1.807, 2.05) is 0 Å². The molecular formula is C4H10NO2. The van der Waals surface area contributed by atoms with Crippen molar-refractivity contribution in [2.45, 2.75) is 26.4 Å². The van der Waals surface area contributed by atoms with Gasteiger partial charge in [-0.15, -0.1) is 0 Å². The Kier molecular flexibility index (Phi) is 2.91. The molecule has 0 aromatic carbocycles. The maximum atomic E-state index is 8.38. The molecule has 0 fully saturated rings. The Hall–Kier alpha value is -0.120. The zero-order chi connectivity index (χ0) is 5.86. The topological polar surface area (TPSA) is 53.3 Å². The highest BCUT2D eigenvalue weighted by Gasteiger charge is 1.96. The molecule has 0 amide bonds. The molecule has 1 radical (unpaired) electrons. The van der Waals surface area contributed by atoms with E-state index < -0.39 is 12.5 Å². The van der Waals surface area contributed by atoms with Crippen molar-refractivity contribution in [2.75, 3.05) is 0 Å². The number of rotatable bonds is 2. The Morgan fingerprint density at radius 1 is 1.57 bits per heavy atom. The highest BCUT2D eigenvalue weighted by molar-refractivity contribution is 4.30. The molecule has 0 aromatic rings. The molecule has 0 spiro atoms. The molecule has 0 aliphatic carbocycles. The van der Waals surface area contributed by atoms with E-state index in [1.54, 1.807) is 6.92 Å². The smallest absolute Gasteiger partial charge is 0.153 e. The van der Waals surface area contributed by atoms with Crippen molar-refractivity contribution in [2.24, 2.45) is 0 Å². The second kappa shape index (κ2) is 2.96. The first kappa shape index (κ1) is 6.88. The minimum atomic E-state index is -0.813. The molecule has 0 aliphatic heterocycles. The number of aliphatic hydroxyl groups excluding tert-OH is 1. The molecule has 2 unspecified atom stereocenters. The molecule has 7 heavy (non-hydrogen) atoms. The summed E-state index contributed by atoms with van der Waals surface area (Å²) >= 11 is 0. The first-order chi connectivity index (χ1) is 3.13. The summed E-state index contributed by atoms with van der Waals surface area (Å²) < 4.78 is 4.47. The maximum Gasteiger partial charge on any atom is 0.153 e. The summed E-state index contributed by atoms with van der Waals surface area (Å²) in [6, 6.07) is 0. The molecule has 2 atom stereocenters. The summed E-state index contributed by atoms with van der Waals surface area (Å²) in [6.45, 7) is 3.03. The predicted molar refractivity (Wildman–Crippen MR) is 25.3 cm³/mol. The fraction of sp³-hybridized carbons (Fsp3) is 1.00. The van der Waals surface area contributed by atoms with E-state index in [0.717, 1.165) is 0 Å². The van der Waals surface area contributed by atoms with E-state index in [-0.39, 0.29) is 0 Å². The van der Waals surface area contributed by atoms with E-state index in [4.69, 9.17) is 10.8 Å². The molecule has 2 N–H and O–H groups in total. The normalized spacial score (nSPS) is 18.9. The van der Waals surface area contributed by atoms with Crippen molar-refractivity contribution in [3.8, 4) is 0 Å². The summed E-state index contributed by atoms with van der Waals surface area (Å²) in [4.78, 5) is 0. The van der Waals surface area contributed by atoms with Crippen molar-refractivity contribution >= 4 is 0 Å². The van der Waals surface area contributed by atoms with Crippen LogP contribution in [-0.4, -0.2) is 17.6 Å². The summed E-state index contributed by atoms with van der Waals surface area (Å²) in [5, 5.41) is 8.38. The third-order valence-corrected chi connectivity index (χ3v) is 0.401. The Morgan fingerprint density at radius 3 is 2.00 bits per heavy atom. The van der Waals surface area contributed by atoms with Gasteiger partial charge in [0.15, 0.2) is 6.29 Å². The third kappa shape index (κ3) is 5.88. The number of aliphatic hydroxyl groups is 1. The van der Waals surface area contributed by atoms with Crippen LogP contribution < -0.4 is 5.73 Å². The van der Waals surface area contributed by atoms with Gasteiger partial charge in [0, 0.05) is 0 Å². The molecule has 43 valence electrons. The fourth-order valence-electron chi connectivity index (χ4n) is 0.295. The first-order valence-electron chi connectivity index (χ1n) is 2.17. The summed E-state index contributed by atoms with van der Waals surface area (Å²) in [5.74, 6) is 0. The lowest BCUT2D eigenvalue weighted by Gasteiger charge is -2.07. The van der Waals surface area contributed by atoms with Gasteiger partial charge in [0.05, 0.1) is 0 Å². The molecule has 0 heterocycles. The SMILES string of the molecule is CC([NH])OC(C)O. The highest BCUT2D eigenvalue weighted by atomic mass is 16.6. The van der Waals surface area contributed by atoms with Crippen molar-refractivity contribution in [1.29, 1.82) is 0 Å². The Balaban J connectivity index is 2.95. The van der Waals surface area contributed by atoms with E-state index in [2.05, 4.69) is 4.74 Å². The van der Waals surface area contributed by atoms with Crippen LogP contribution in [0.4, 0.5) is 0 Å². The van der Waals surface area contributed by atoms with Gasteiger partial charge >= 0.3 is 0 Å². The lowest BCUT2D eigenvalue weighted by molar-refractivity contribution is -0.118. The minimum Gasteiger partial charge on any atom is -0.368 e. The molecule has 3 nitrogen and oxygen atoms in total. The van der Waals surface area contributed by atoms with Crippen LogP contribution in [0.2, 0.25) is 0 Å². The predicted octanol–water partition coefficient (Wildman–Crippen LogP) is -0.0298. The van der Waals surface area contributed by atoms with Crippen LogP contribution in [0.25, 0.3) is 0 Å². The van der Waals surface area contributed by atoms with Gasteiger partial charge in [-0.05, 0) is 13.8 Å². The standard InChI is InChI=1S/C4H10NO2/c1-3(5)7-4(2)6/h3-6H,1-2H3. The summed E-state index contributed by atoms with van der Waals surface area (Å²) in [6.07, 6.45) is -1.44. The zero-order valence-corrected chi connectivity index (χ0v) is 4.51. The third-order valence-electron chi connectivity index (χ3n) is 0.401. The number of ether oxygens (including phenoxy) is 1. The van der Waals surface area contributed by atoms with Crippen LogP contribution in [0.5, 0.6) is 0 Å². The number of hydrogen-bond donors (Lipinski definition) is 1. The first-order valence-corrected chi connectivity index (χ1v) is 2.17. The molecule has 3 heteroatoms. The lowest BCUT2D eigenvalue weighted by Crippen LogP contribution is -2.16. The fourth-order valence-corrected chi connectivity index (χ4v) is 0.295. The monoisotopic (exact) mass is 104 g/mol. The quantitative estimate of drug-likeness (QED) is 0.500. The molecule has 0 bridgehead atoms. The molecule has 0 aromatic heterocycles. The van der Waals surface area contributed by atoms with Crippen LogP contribution in [0, 0.1) is 0 Å². The van der Waals surface area contributed by atoms with Gasteiger partial charge in [-0.1, -0.05) is 0 Å². The van der Waals surface area contributed by atoms with Gasteiger partial charge in [0.25, 0.3) is 0 Å². The van der Waals surface area contributed by atoms with Crippen molar-refractivity contribution in [3.05, 3.63) is 0 Å². The molecule has 0 saturated carbocycles. The second-order valence-corrected chi connectivity index (χ2v) is 1.38. The van der Waals surface area contributed by atoms with Gasteiger partial charge in [-0.25, -0.2) is 5.73 Å². The summed E-state index contributed by atoms with van der Waals surface area (Å²) in [5.41, 5.74) is 6.73. The van der Waals surface area contributed by atoms with Gasteiger partial charge in [0.2, 0.25) is 0 Å². The Labute approximate surface area is 43.1 Å². The second-order valence-electron chi connectivity index (χ2n) is 1.38. The Morgan fingerprint density at radius 2 is 2.00 bits per heavy atom. The highest BCUT2D eigenvalue weighted by Crippen LogP contribution is 1.86. The van der Waals surface area contributed by atoms with Crippen LogP contribution in [0.15, 0.2) is 0 Å². The molecule has 0 aliphatic rings. The van der Waals surface area contributed by atoms with E-state index >= 15 is 0 Å². The van der Waals surface area contributed by atoms with E-state index in [9.17, 15) is 0 Å². The van der Waals surface area contributed by atoms with E-state index in [1.165, 1.54) is 6.92 Å². The summed E-state index contributed by atoms with van der Waals surface area (Å²) in [7, 11) is 0. The zero-order valence-electron chi connectivity index (χ0n) is 4.51. The molecule has 0 rings (SSSR count). The van der Waals surface area contributed by atoms with Crippen LogP contribution in [0.1, 0.15) is 13.8 Å². The van der Waals surface area contributed by atoms with Gasteiger partial charge in [-0.3, -0.25) is 0 Å². The van der Waals surface area contributed by atoms with Crippen LogP contribution in [-0.2, 0) is 4.74 Å². The van der Waals surface area contributed by atoms with Crippen LogP contribution in [0.3, 0.4) is 0 Å². The maximum absolute atomic E-state index is 8.38. The average Bonchev–Trinajstić information content (AvgIpc) is 1.27. The van der Waals surface area contributed by atoms with Crippen molar-refractivity contribution < 1.29 is 9.84 Å². The van der Waals surface area contributed by atoms with Gasteiger partial charge < -0.3 is 9.84 Å². The van der Waals surface area contributed by atoms with Crippen molar-refractivity contribution in [1.82, 2.24) is 5.73 Å². The number of nitrogens with one attached hydrogen (secondary N) is 1. The lowest BCUT2D eigenvalue weighted by atomic mass is 10.7. The minimum absolute atomic E-state index is 0.625. The largest absolute Gasteiger partial charge is 0.368 e.